The van der Waals surface area contributed by atoms with Gasteiger partial charge in [-0.3, -0.25) is 9.89 Å². The zero-order valence-electron chi connectivity index (χ0n) is 12.6. The number of nitrogens with zero attached hydrogens (tertiary/aromatic N) is 2. The van der Waals surface area contributed by atoms with Gasteiger partial charge in [-0.2, -0.15) is 5.10 Å². The number of nitrogens with one attached hydrogen (secondary N) is 1. The Kier molecular flexibility index (Phi) is 3.22. The zero-order chi connectivity index (χ0) is 15.1. The minimum atomic E-state index is 0.0347. The van der Waals surface area contributed by atoms with Gasteiger partial charge >= 0.3 is 0 Å². The van der Waals surface area contributed by atoms with Crippen molar-refractivity contribution in [3.05, 3.63) is 47.3 Å². The van der Waals surface area contributed by atoms with Gasteiger partial charge in [-0.15, -0.1) is 0 Å². The molecular weight excluding hydrogens is 278 g/mol. The van der Waals surface area contributed by atoms with Crippen LogP contribution < -0.4 is 4.90 Å². The summed E-state index contributed by atoms with van der Waals surface area (Å²) in [5.74, 6) is 0.648. The number of fused-ring (bicyclic) bond motifs is 1. The first kappa shape index (κ1) is 13.5. The van der Waals surface area contributed by atoms with Crippen LogP contribution in [0.4, 0.5) is 5.69 Å². The molecule has 5 nitrogen and oxygen atoms in total. The first-order chi connectivity index (χ1) is 10.8. The number of aromatic nitrogens is 2. The fourth-order valence-electron chi connectivity index (χ4n) is 3.50. The van der Waals surface area contributed by atoms with Crippen LogP contribution in [0.3, 0.4) is 0 Å². The predicted molar refractivity (Wildman–Crippen MR) is 83.3 cm³/mol. The number of carbonyl (C=O) groups excluding carboxylic acids is 1. The lowest BCUT2D eigenvalue weighted by atomic mass is 10.0. The third-order valence-electron chi connectivity index (χ3n) is 4.70. The van der Waals surface area contributed by atoms with Crippen molar-refractivity contribution >= 4 is 11.6 Å². The second kappa shape index (κ2) is 5.25. The molecule has 1 N–H and O–H groups in total. The van der Waals surface area contributed by atoms with Gasteiger partial charge in [-0.25, -0.2) is 0 Å². The standard InChI is InChI=1S/C17H19N3O2/c1-11-9-20(15-5-3-2-4-13(11)15)17(21)14-8-18-19-16(14)12-6-7-22-10-12/h2-5,8,11-12H,6-7,9-10H2,1H3,(H,18,19)/t11-,12-/m0/s1. The average molecular weight is 297 g/mol. The third-order valence-corrected chi connectivity index (χ3v) is 4.70. The molecule has 0 saturated carbocycles. The van der Waals surface area contributed by atoms with Crippen LogP contribution in [0.25, 0.3) is 0 Å². The van der Waals surface area contributed by atoms with Gasteiger partial charge in [0.25, 0.3) is 5.91 Å². The van der Waals surface area contributed by atoms with E-state index in [0.29, 0.717) is 18.1 Å². The smallest absolute Gasteiger partial charge is 0.261 e. The van der Waals surface area contributed by atoms with Gasteiger partial charge in [0, 0.05) is 30.7 Å². The van der Waals surface area contributed by atoms with Crippen molar-refractivity contribution in [2.24, 2.45) is 0 Å². The molecule has 5 heteroatoms. The van der Waals surface area contributed by atoms with Crippen LogP contribution in [0.2, 0.25) is 0 Å². The number of carbonyl (C=O) groups is 1. The Morgan fingerprint density at radius 1 is 1.41 bits per heavy atom. The van der Waals surface area contributed by atoms with Crippen molar-refractivity contribution in [3.8, 4) is 0 Å². The molecule has 22 heavy (non-hydrogen) atoms. The molecular formula is C17H19N3O2. The Balaban J connectivity index is 1.68. The maximum atomic E-state index is 13.0. The molecule has 0 spiro atoms. The summed E-state index contributed by atoms with van der Waals surface area (Å²) in [6.07, 6.45) is 2.59. The molecule has 2 aliphatic rings. The maximum absolute atomic E-state index is 13.0. The molecule has 1 saturated heterocycles. The van der Waals surface area contributed by atoms with E-state index in [2.05, 4.69) is 23.2 Å². The van der Waals surface area contributed by atoms with Gasteiger partial charge in [0.2, 0.25) is 0 Å². The summed E-state index contributed by atoms with van der Waals surface area (Å²) in [5, 5.41) is 7.12. The quantitative estimate of drug-likeness (QED) is 0.927. The molecule has 4 rings (SSSR count). The molecule has 0 aliphatic carbocycles. The van der Waals surface area contributed by atoms with E-state index >= 15 is 0 Å². The van der Waals surface area contributed by atoms with E-state index in [1.807, 2.05) is 23.1 Å². The lowest BCUT2D eigenvalue weighted by molar-refractivity contribution is 0.0987. The predicted octanol–water partition coefficient (Wildman–Crippen LogP) is 2.68. The van der Waals surface area contributed by atoms with Gasteiger partial charge in [-0.1, -0.05) is 25.1 Å². The fraction of sp³-hybridized carbons (Fsp3) is 0.412. The number of hydrogen-bond acceptors (Lipinski definition) is 3. The van der Waals surface area contributed by atoms with Crippen molar-refractivity contribution < 1.29 is 9.53 Å². The number of H-pyrrole nitrogens is 1. The lowest BCUT2D eigenvalue weighted by Crippen LogP contribution is -2.30. The second-order valence-corrected chi connectivity index (χ2v) is 6.13. The minimum Gasteiger partial charge on any atom is -0.381 e. The van der Waals surface area contributed by atoms with Crippen LogP contribution in [-0.2, 0) is 4.74 Å². The average Bonchev–Trinajstić information content (AvgIpc) is 3.26. The molecule has 1 aromatic heterocycles. The summed E-state index contributed by atoms with van der Waals surface area (Å²) in [6.45, 7) is 4.30. The number of rotatable bonds is 2. The SMILES string of the molecule is C[C@H]1CN(C(=O)c2cn[nH]c2[C@H]2CCOC2)c2ccccc21. The highest BCUT2D eigenvalue weighted by Crippen LogP contribution is 2.37. The van der Waals surface area contributed by atoms with Crippen LogP contribution in [0.5, 0.6) is 0 Å². The van der Waals surface area contributed by atoms with Crippen LogP contribution in [0.1, 0.15) is 46.8 Å². The third kappa shape index (κ3) is 2.04. The van der Waals surface area contributed by atoms with Gasteiger partial charge < -0.3 is 9.64 Å². The molecule has 0 unspecified atom stereocenters. The topological polar surface area (TPSA) is 58.2 Å². The van der Waals surface area contributed by atoms with E-state index in [-0.39, 0.29) is 11.8 Å². The second-order valence-electron chi connectivity index (χ2n) is 6.13. The Labute approximate surface area is 129 Å². The molecule has 114 valence electrons. The molecule has 2 aliphatic heterocycles. The van der Waals surface area contributed by atoms with Gasteiger partial charge in [0.15, 0.2) is 0 Å². The van der Waals surface area contributed by atoms with E-state index in [1.54, 1.807) is 6.20 Å². The van der Waals surface area contributed by atoms with E-state index in [9.17, 15) is 4.79 Å². The van der Waals surface area contributed by atoms with Crippen LogP contribution in [0.15, 0.2) is 30.5 Å². The zero-order valence-corrected chi connectivity index (χ0v) is 12.6. The molecule has 0 radical (unpaired) electrons. The number of ether oxygens (including phenoxy) is 1. The summed E-state index contributed by atoms with van der Waals surface area (Å²) >= 11 is 0. The summed E-state index contributed by atoms with van der Waals surface area (Å²) < 4.78 is 5.44. The summed E-state index contributed by atoms with van der Waals surface area (Å²) in [7, 11) is 0. The number of amides is 1. The number of hydrogen-bond donors (Lipinski definition) is 1. The summed E-state index contributed by atoms with van der Waals surface area (Å²) in [6, 6.07) is 8.14. The van der Waals surface area contributed by atoms with E-state index in [4.69, 9.17) is 4.74 Å². The fourth-order valence-corrected chi connectivity index (χ4v) is 3.50. The Hall–Kier alpha value is -2.14. The van der Waals surface area contributed by atoms with Crippen molar-refractivity contribution in [1.29, 1.82) is 0 Å². The first-order valence-corrected chi connectivity index (χ1v) is 7.77. The number of anilines is 1. The number of para-hydroxylation sites is 1. The highest BCUT2D eigenvalue weighted by Gasteiger charge is 2.33. The summed E-state index contributed by atoms with van der Waals surface area (Å²) in [4.78, 5) is 14.9. The van der Waals surface area contributed by atoms with Crippen LogP contribution in [0, 0.1) is 0 Å². The Morgan fingerprint density at radius 3 is 3.09 bits per heavy atom. The maximum Gasteiger partial charge on any atom is 0.261 e. The van der Waals surface area contributed by atoms with Gasteiger partial charge in [0.05, 0.1) is 24.1 Å². The van der Waals surface area contributed by atoms with Crippen molar-refractivity contribution in [1.82, 2.24) is 10.2 Å². The number of benzene rings is 1. The van der Waals surface area contributed by atoms with E-state index < -0.39 is 0 Å². The highest BCUT2D eigenvalue weighted by molar-refractivity contribution is 6.08. The molecule has 2 atom stereocenters. The molecule has 1 aromatic carbocycles. The van der Waals surface area contributed by atoms with Crippen molar-refractivity contribution in [2.75, 3.05) is 24.7 Å². The molecule has 0 bridgehead atoms. The van der Waals surface area contributed by atoms with E-state index in [0.717, 1.165) is 31.0 Å². The Bertz CT molecular complexity index is 703. The van der Waals surface area contributed by atoms with Crippen molar-refractivity contribution in [2.45, 2.75) is 25.2 Å². The summed E-state index contributed by atoms with van der Waals surface area (Å²) in [5.41, 5.74) is 3.86. The van der Waals surface area contributed by atoms with E-state index in [1.165, 1.54) is 5.56 Å². The molecule has 1 fully saturated rings. The van der Waals surface area contributed by atoms with Gasteiger partial charge in [-0.05, 0) is 18.1 Å². The highest BCUT2D eigenvalue weighted by atomic mass is 16.5. The molecule has 3 heterocycles. The van der Waals surface area contributed by atoms with Crippen LogP contribution in [-0.4, -0.2) is 35.9 Å². The van der Waals surface area contributed by atoms with Crippen LogP contribution >= 0.6 is 0 Å². The minimum absolute atomic E-state index is 0.0347. The van der Waals surface area contributed by atoms with Gasteiger partial charge in [0.1, 0.15) is 0 Å². The Morgan fingerprint density at radius 2 is 2.27 bits per heavy atom. The first-order valence-electron chi connectivity index (χ1n) is 7.77. The normalized spacial score (nSPS) is 23.8. The number of aromatic amines is 1. The molecule has 1 amide bonds. The lowest BCUT2D eigenvalue weighted by Gasteiger charge is -2.18. The van der Waals surface area contributed by atoms with Crippen molar-refractivity contribution in [3.63, 3.8) is 0 Å². The molecule has 2 aromatic rings. The monoisotopic (exact) mass is 297 g/mol. The largest absolute Gasteiger partial charge is 0.381 e.